The minimum Gasteiger partial charge on any atom is -0.492 e. The van der Waals surface area contributed by atoms with Crippen LogP contribution in [-0.2, 0) is 10.0 Å². The Hall–Kier alpha value is -3.21. The molecule has 0 amide bonds. The zero-order valence-electron chi connectivity index (χ0n) is 25.3. The molecule has 1 fully saturated rings. The fraction of sp³-hybridized carbons (Fsp3) is 0.407. The van der Waals surface area contributed by atoms with Gasteiger partial charge in [-0.3, -0.25) is 4.90 Å². The summed E-state index contributed by atoms with van der Waals surface area (Å²) in [4.78, 5) is 10.8. The molecule has 198 valence electrons. The van der Waals surface area contributed by atoms with Crippen LogP contribution in [0, 0.1) is 6.85 Å². The first-order chi connectivity index (χ1) is 19.2. The van der Waals surface area contributed by atoms with Gasteiger partial charge in [-0.05, 0) is 96.0 Å². The van der Waals surface area contributed by atoms with Gasteiger partial charge in [0.1, 0.15) is 18.2 Å². The van der Waals surface area contributed by atoms with Gasteiger partial charge in [0.2, 0.25) is 16.0 Å². The van der Waals surface area contributed by atoms with Gasteiger partial charge >= 0.3 is 0 Å². The van der Waals surface area contributed by atoms with Crippen LogP contribution in [-0.4, -0.2) is 55.0 Å². The predicted molar refractivity (Wildman–Crippen MR) is 147 cm³/mol. The number of aromatic nitrogens is 2. The van der Waals surface area contributed by atoms with Gasteiger partial charge in [-0.2, -0.15) is 4.98 Å². The van der Waals surface area contributed by atoms with Crippen LogP contribution >= 0.6 is 0 Å². The average molecular weight is 529 g/mol. The second kappa shape index (κ2) is 11.5. The first kappa shape index (κ1) is 21.8. The summed E-state index contributed by atoms with van der Waals surface area (Å²) in [5.41, 5.74) is 0.183. The Balaban J connectivity index is 1.50. The van der Waals surface area contributed by atoms with E-state index in [0.29, 0.717) is 23.7 Å². The van der Waals surface area contributed by atoms with E-state index >= 15 is 0 Å². The van der Waals surface area contributed by atoms with E-state index < -0.39 is 29.0 Å². The van der Waals surface area contributed by atoms with E-state index in [0.717, 1.165) is 25.9 Å². The van der Waals surface area contributed by atoms with Gasteiger partial charge in [0.25, 0.3) is 0 Å². The molecule has 2 heterocycles. The van der Waals surface area contributed by atoms with Crippen LogP contribution in [0.1, 0.15) is 44.7 Å². The van der Waals surface area contributed by atoms with Crippen LogP contribution in [0.4, 0.5) is 23.1 Å². The Morgan fingerprint density at radius 3 is 2.54 bits per heavy atom. The number of rotatable bonds is 10. The summed E-state index contributed by atoms with van der Waals surface area (Å²) in [6.45, 7) is 4.58. The van der Waals surface area contributed by atoms with Gasteiger partial charge in [0.05, 0.1) is 6.27 Å². The van der Waals surface area contributed by atoms with Gasteiger partial charge in [0.15, 0.2) is 0 Å². The van der Waals surface area contributed by atoms with Gasteiger partial charge in [-0.25, -0.2) is 18.1 Å². The van der Waals surface area contributed by atoms with Gasteiger partial charge < -0.3 is 15.4 Å². The molecule has 2 aromatic carbocycles. The molecular formula is C27H36N6O3S. The Bertz CT molecular complexity index is 1440. The molecule has 0 saturated carbocycles. The van der Waals surface area contributed by atoms with Crippen molar-refractivity contribution >= 4 is 33.2 Å². The van der Waals surface area contributed by atoms with Crippen molar-refractivity contribution in [2.24, 2.45) is 0 Å². The van der Waals surface area contributed by atoms with Gasteiger partial charge in [-0.1, -0.05) is 6.07 Å². The monoisotopic (exact) mass is 528 g/mol. The molecule has 1 atom stereocenters. The highest BCUT2D eigenvalue weighted by Crippen LogP contribution is 2.24. The lowest BCUT2D eigenvalue weighted by Crippen LogP contribution is -2.40. The van der Waals surface area contributed by atoms with Crippen LogP contribution in [0.5, 0.6) is 5.75 Å². The predicted octanol–water partition coefficient (Wildman–Crippen LogP) is 4.82. The summed E-state index contributed by atoms with van der Waals surface area (Å²) in [5, 5.41) is 6.00. The number of anilines is 4. The fourth-order valence-corrected chi connectivity index (χ4v) is 5.29. The van der Waals surface area contributed by atoms with E-state index in [1.165, 1.54) is 18.3 Å². The van der Waals surface area contributed by atoms with Gasteiger partial charge in [-0.15, -0.1) is 0 Å². The van der Waals surface area contributed by atoms with E-state index in [1.807, 2.05) is 0 Å². The van der Waals surface area contributed by atoms with E-state index in [2.05, 4.69) is 30.2 Å². The minimum atomic E-state index is -3.81. The van der Waals surface area contributed by atoms with Gasteiger partial charge in [0, 0.05) is 39.3 Å². The number of benzene rings is 2. The highest BCUT2D eigenvalue weighted by Gasteiger charge is 2.22. The molecule has 37 heavy (non-hydrogen) atoms. The van der Waals surface area contributed by atoms with Crippen LogP contribution in [0.3, 0.4) is 0 Å². The van der Waals surface area contributed by atoms with Crippen molar-refractivity contribution in [2.45, 2.75) is 50.9 Å². The number of ether oxygens (including phenoxy) is 1. The summed E-state index contributed by atoms with van der Waals surface area (Å²) in [7, 11) is -3.81. The lowest BCUT2D eigenvalue weighted by atomic mass is 10.1. The molecule has 4 rings (SSSR count). The number of likely N-dealkylation sites (tertiary alicyclic amines) is 1. The van der Waals surface area contributed by atoms with E-state index in [-0.39, 0.29) is 22.2 Å². The molecule has 1 unspecified atom stereocenters. The van der Waals surface area contributed by atoms with Crippen molar-refractivity contribution in [1.29, 1.82) is 0 Å². The second-order valence-corrected chi connectivity index (χ2v) is 11.6. The number of nitrogens with zero attached hydrogens (tertiary/aromatic N) is 3. The molecule has 1 aromatic heterocycles. The van der Waals surface area contributed by atoms with Crippen molar-refractivity contribution < 1.29 is 18.6 Å². The quantitative estimate of drug-likeness (QED) is 0.344. The fourth-order valence-electron chi connectivity index (χ4n) is 3.83. The highest BCUT2D eigenvalue weighted by atomic mass is 32.2. The van der Waals surface area contributed by atoms with E-state index in [4.69, 9.17) is 10.2 Å². The molecule has 0 spiro atoms. The van der Waals surface area contributed by atoms with Crippen LogP contribution in [0.15, 0.2) is 59.6 Å². The summed E-state index contributed by atoms with van der Waals surface area (Å²) >= 11 is 0. The normalized spacial score (nSPS) is 17.3. The van der Waals surface area contributed by atoms with Crippen molar-refractivity contribution in [1.82, 2.24) is 19.6 Å². The summed E-state index contributed by atoms with van der Waals surface area (Å²) in [6, 6.07) is 13.0. The SMILES string of the molecule is [2H]C(CN1CCCC1)Oc1ccc(Nc2ncc(C([2H])([2H])[2H])c(Nc3cccc(S(=O)(=O)NC(C)(C)C)c3)n2)cc1. The Morgan fingerprint density at radius 2 is 1.84 bits per heavy atom. The maximum absolute atomic E-state index is 12.8. The summed E-state index contributed by atoms with van der Waals surface area (Å²) in [5.74, 6) is 0.714. The van der Waals surface area contributed by atoms with E-state index in [1.54, 1.807) is 57.2 Å². The third-order valence-electron chi connectivity index (χ3n) is 5.50. The van der Waals surface area contributed by atoms with Crippen molar-refractivity contribution in [2.75, 3.05) is 36.9 Å². The molecule has 0 bridgehead atoms. The standard InChI is InChI=1S/C27H36N6O3S/c1-20-19-28-26(30-21-10-12-23(13-11-21)36-17-16-33-14-5-6-15-33)31-25(20)29-22-8-7-9-24(18-22)37(34,35)32-27(2,3)4/h7-13,18-19,32H,5-6,14-17H2,1-4H3,(H2,28,29,30,31)/i1D3,17D. The molecule has 0 aliphatic carbocycles. The summed E-state index contributed by atoms with van der Waals surface area (Å²) in [6.07, 6.45) is 3.53. The van der Waals surface area contributed by atoms with Crippen LogP contribution < -0.4 is 20.1 Å². The third-order valence-corrected chi connectivity index (χ3v) is 7.25. The Kier molecular flexibility index (Phi) is 6.76. The zero-order chi connectivity index (χ0) is 29.8. The second-order valence-electron chi connectivity index (χ2n) is 9.91. The number of hydrogen-bond acceptors (Lipinski definition) is 8. The Morgan fingerprint density at radius 1 is 1.08 bits per heavy atom. The molecule has 1 aliphatic heterocycles. The smallest absolute Gasteiger partial charge is 0.241 e. The first-order valence-corrected chi connectivity index (χ1v) is 13.6. The lowest BCUT2D eigenvalue weighted by molar-refractivity contribution is 0.238. The van der Waals surface area contributed by atoms with Crippen LogP contribution in [0.25, 0.3) is 0 Å². The minimum absolute atomic E-state index is 0.0137. The summed E-state index contributed by atoms with van der Waals surface area (Å²) < 4.78 is 65.9. The first-order valence-electron chi connectivity index (χ1n) is 14.2. The lowest BCUT2D eigenvalue weighted by Gasteiger charge is -2.20. The Labute approximate surface area is 225 Å². The zero-order valence-corrected chi connectivity index (χ0v) is 22.1. The largest absolute Gasteiger partial charge is 0.492 e. The van der Waals surface area contributed by atoms with Crippen molar-refractivity contribution in [3.63, 3.8) is 0 Å². The highest BCUT2D eigenvalue weighted by molar-refractivity contribution is 7.89. The molecule has 10 heteroatoms. The molecule has 3 aromatic rings. The van der Waals surface area contributed by atoms with Crippen molar-refractivity contribution in [3.8, 4) is 5.75 Å². The number of sulfonamides is 1. The molecule has 0 radical (unpaired) electrons. The molecule has 1 saturated heterocycles. The maximum atomic E-state index is 12.8. The third kappa shape index (κ3) is 7.88. The topological polar surface area (TPSA) is 108 Å². The number of aryl methyl sites for hydroxylation is 1. The van der Waals surface area contributed by atoms with Crippen LogP contribution in [0.2, 0.25) is 0 Å². The average Bonchev–Trinajstić information content (AvgIpc) is 3.36. The molecule has 9 nitrogen and oxygen atoms in total. The molecule has 3 N–H and O–H groups in total. The van der Waals surface area contributed by atoms with E-state index in [9.17, 15) is 8.42 Å². The number of hydrogen-bond donors (Lipinski definition) is 3. The maximum Gasteiger partial charge on any atom is 0.241 e. The number of nitrogens with one attached hydrogen (secondary N) is 3. The molecular weight excluding hydrogens is 488 g/mol. The molecule has 1 aliphatic rings. The van der Waals surface area contributed by atoms with Crippen molar-refractivity contribution in [3.05, 3.63) is 60.3 Å².